The predicted octanol–water partition coefficient (Wildman–Crippen LogP) is 2.30. The zero-order valence-corrected chi connectivity index (χ0v) is 11.6. The Balaban J connectivity index is 1.85. The summed E-state index contributed by atoms with van der Waals surface area (Å²) in [6.07, 6.45) is 1.24. The van der Waals surface area contributed by atoms with Gasteiger partial charge in [0.15, 0.2) is 0 Å². The fourth-order valence-electron chi connectivity index (χ4n) is 2.31. The maximum absolute atomic E-state index is 5.69. The molecule has 0 amide bonds. The quantitative estimate of drug-likeness (QED) is 0.865. The minimum absolute atomic E-state index is 0.524. The first-order valence-electron chi connectivity index (χ1n) is 6.76. The fraction of sp³-hybridized carbons (Fsp3) is 0.600. The van der Waals surface area contributed by atoms with Gasteiger partial charge in [-0.2, -0.15) is 0 Å². The molecule has 1 aliphatic heterocycles. The fourth-order valence-corrected chi connectivity index (χ4v) is 2.31. The Labute approximate surface area is 110 Å². The van der Waals surface area contributed by atoms with Gasteiger partial charge in [0.1, 0.15) is 12.4 Å². The van der Waals surface area contributed by atoms with Crippen LogP contribution < -0.4 is 10.1 Å². The van der Waals surface area contributed by atoms with Gasteiger partial charge in [-0.3, -0.25) is 0 Å². The maximum atomic E-state index is 5.69. The summed E-state index contributed by atoms with van der Waals surface area (Å²) in [5.41, 5.74) is 1.37. The van der Waals surface area contributed by atoms with Crippen molar-refractivity contribution in [2.24, 2.45) is 5.92 Å². The SMILES string of the molecule is C[C@@H]1CN[C@H](c2ccc(OCCN(C)C)cc2)C1. The van der Waals surface area contributed by atoms with Crippen LogP contribution in [0.3, 0.4) is 0 Å². The van der Waals surface area contributed by atoms with Gasteiger partial charge in [0.2, 0.25) is 0 Å². The summed E-state index contributed by atoms with van der Waals surface area (Å²) in [7, 11) is 4.11. The predicted molar refractivity (Wildman–Crippen MR) is 75.0 cm³/mol. The highest BCUT2D eigenvalue weighted by molar-refractivity contribution is 5.29. The third-order valence-electron chi connectivity index (χ3n) is 3.44. The van der Waals surface area contributed by atoms with Gasteiger partial charge in [0, 0.05) is 12.6 Å². The molecule has 0 bridgehead atoms. The van der Waals surface area contributed by atoms with Crippen molar-refractivity contribution in [1.82, 2.24) is 10.2 Å². The van der Waals surface area contributed by atoms with Gasteiger partial charge in [-0.15, -0.1) is 0 Å². The largest absolute Gasteiger partial charge is 0.492 e. The van der Waals surface area contributed by atoms with E-state index in [9.17, 15) is 0 Å². The van der Waals surface area contributed by atoms with Crippen LogP contribution in [0.25, 0.3) is 0 Å². The lowest BCUT2D eigenvalue weighted by Crippen LogP contribution is -2.19. The minimum atomic E-state index is 0.524. The monoisotopic (exact) mass is 248 g/mol. The van der Waals surface area contributed by atoms with Crippen LogP contribution in [0.5, 0.6) is 5.75 Å². The zero-order valence-electron chi connectivity index (χ0n) is 11.6. The Morgan fingerprint density at radius 1 is 1.28 bits per heavy atom. The second-order valence-corrected chi connectivity index (χ2v) is 5.52. The van der Waals surface area contributed by atoms with Crippen molar-refractivity contribution < 1.29 is 4.74 Å². The molecule has 0 saturated carbocycles. The molecule has 3 heteroatoms. The summed E-state index contributed by atoms with van der Waals surface area (Å²) in [6, 6.07) is 9.04. The van der Waals surface area contributed by atoms with Crippen molar-refractivity contribution >= 4 is 0 Å². The third kappa shape index (κ3) is 3.72. The number of hydrogen-bond donors (Lipinski definition) is 1. The summed E-state index contributed by atoms with van der Waals surface area (Å²) in [4.78, 5) is 2.12. The third-order valence-corrected chi connectivity index (χ3v) is 3.44. The molecule has 1 fully saturated rings. The molecule has 2 rings (SSSR count). The summed E-state index contributed by atoms with van der Waals surface area (Å²) < 4.78 is 5.69. The van der Waals surface area contributed by atoms with Crippen molar-refractivity contribution in [2.75, 3.05) is 33.8 Å². The molecule has 100 valence electrons. The normalized spacial score (nSPS) is 23.6. The number of nitrogens with one attached hydrogen (secondary N) is 1. The number of hydrogen-bond acceptors (Lipinski definition) is 3. The van der Waals surface area contributed by atoms with Crippen LogP contribution >= 0.6 is 0 Å². The molecule has 1 N–H and O–H groups in total. The van der Waals surface area contributed by atoms with Gasteiger partial charge in [-0.25, -0.2) is 0 Å². The number of ether oxygens (including phenoxy) is 1. The number of nitrogens with zero attached hydrogens (tertiary/aromatic N) is 1. The Bertz CT molecular complexity index is 361. The van der Waals surface area contributed by atoms with Crippen molar-refractivity contribution in [1.29, 1.82) is 0 Å². The molecule has 18 heavy (non-hydrogen) atoms. The minimum Gasteiger partial charge on any atom is -0.492 e. The summed E-state index contributed by atoms with van der Waals surface area (Å²) >= 11 is 0. The van der Waals surface area contributed by atoms with Gasteiger partial charge in [-0.05, 0) is 50.7 Å². The molecule has 2 atom stereocenters. The van der Waals surface area contributed by atoms with Crippen LogP contribution in [-0.4, -0.2) is 38.7 Å². The van der Waals surface area contributed by atoms with Crippen molar-refractivity contribution in [3.63, 3.8) is 0 Å². The molecule has 1 saturated heterocycles. The van der Waals surface area contributed by atoms with Crippen LogP contribution in [0.4, 0.5) is 0 Å². The summed E-state index contributed by atoms with van der Waals surface area (Å²) in [6.45, 7) is 5.12. The highest BCUT2D eigenvalue weighted by Gasteiger charge is 2.21. The van der Waals surface area contributed by atoms with Crippen molar-refractivity contribution in [2.45, 2.75) is 19.4 Å². The standard InChI is InChI=1S/C15H24N2O/c1-12-10-15(16-11-12)13-4-6-14(7-5-13)18-9-8-17(2)3/h4-7,12,15-16H,8-11H2,1-3H3/t12-,15-/m0/s1. The van der Waals surface area contributed by atoms with Crippen LogP contribution in [-0.2, 0) is 0 Å². The molecule has 0 aromatic heterocycles. The average molecular weight is 248 g/mol. The van der Waals surface area contributed by atoms with E-state index in [1.54, 1.807) is 0 Å². The van der Waals surface area contributed by atoms with E-state index in [1.165, 1.54) is 12.0 Å². The molecular formula is C15H24N2O. The second-order valence-electron chi connectivity index (χ2n) is 5.52. The van der Waals surface area contributed by atoms with E-state index in [-0.39, 0.29) is 0 Å². The van der Waals surface area contributed by atoms with Crippen LogP contribution in [0, 0.1) is 5.92 Å². The molecular weight excluding hydrogens is 224 g/mol. The highest BCUT2D eigenvalue weighted by Crippen LogP contribution is 2.27. The van der Waals surface area contributed by atoms with E-state index < -0.39 is 0 Å². The van der Waals surface area contributed by atoms with Gasteiger partial charge in [0.05, 0.1) is 0 Å². The highest BCUT2D eigenvalue weighted by atomic mass is 16.5. The van der Waals surface area contributed by atoms with Crippen LogP contribution in [0.2, 0.25) is 0 Å². The Kier molecular flexibility index (Phi) is 4.61. The topological polar surface area (TPSA) is 24.5 Å². The van der Waals surface area contributed by atoms with Gasteiger partial charge in [-0.1, -0.05) is 19.1 Å². The Hall–Kier alpha value is -1.06. The first kappa shape index (κ1) is 13.4. The molecule has 0 aliphatic carbocycles. The lowest BCUT2D eigenvalue weighted by molar-refractivity contribution is 0.261. The number of rotatable bonds is 5. The van der Waals surface area contributed by atoms with E-state index in [0.717, 1.165) is 31.4 Å². The van der Waals surface area contributed by atoms with E-state index in [2.05, 4.69) is 55.5 Å². The van der Waals surface area contributed by atoms with Crippen LogP contribution in [0.15, 0.2) is 24.3 Å². The number of likely N-dealkylation sites (N-methyl/N-ethyl adjacent to an activating group) is 1. The van der Waals surface area contributed by atoms with Crippen LogP contribution in [0.1, 0.15) is 24.9 Å². The summed E-state index contributed by atoms with van der Waals surface area (Å²) in [5, 5.41) is 3.55. The Morgan fingerprint density at radius 2 is 2.00 bits per heavy atom. The smallest absolute Gasteiger partial charge is 0.119 e. The molecule has 1 aromatic carbocycles. The van der Waals surface area contributed by atoms with Gasteiger partial charge in [0.25, 0.3) is 0 Å². The second kappa shape index (κ2) is 6.21. The first-order valence-corrected chi connectivity index (χ1v) is 6.76. The molecule has 1 aliphatic rings. The summed E-state index contributed by atoms with van der Waals surface area (Å²) in [5.74, 6) is 1.75. The van der Waals surface area contributed by atoms with Crippen molar-refractivity contribution in [3.8, 4) is 5.75 Å². The van der Waals surface area contributed by atoms with E-state index in [1.807, 2.05) is 0 Å². The first-order chi connectivity index (χ1) is 8.65. The molecule has 1 aromatic rings. The lowest BCUT2D eigenvalue weighted by atomic mass is 10.0. The van der Waals surface area contributed by atoms with E-state index in [0.29, 0.717) is 6.04 Å². The molecule has 1 heterocycles. The molecule has 0 radical (unpaired) electrons. The molecule has 3 nitrogen and oxygen atoms in total. The van der Waals surface area contributed by atoms with Gasteiger partial charge >= 0.3 is 0 Å². The Morgan fingerprint density at radius 3 is 2.56 bits per heavy atom. The molecule has 0 unspecified atom stereocenters. The average Bonchev–Trinajstić information content (AvgIpc) is 2.76. The van der Waals surface area contributed by atoms with E-state index >= 15 is 0 Å². The number of benzene rings is 1. The molecule has 0 spiro atoms. The van der Waals surface area contributed by atoms with Gasteiger partial charge < -0.3 is 15.0 Å². The lowest BCUT2D eigenvalue weighted by Gasteiger charge is -2.13. The van der Waals surface area contributed by atoms with Crippen molar-refractivity contribution in [3.05, 3.63) is 29.8 Å². The zero-order chi connectivity index (χ0) is 13.0. The van der Waals surface area contributed by atoms with E-state index in [4.69, 9.17) is 4.74 Å². The maximum Gasteiger partial charge on any atom is 0.119 e.